The molecule has 3 nitrogen and oxygen atoms in total. The first-order valence-electron chi connectivity index (χ1n) is 5.06. The van der Waals surface area contributed by atoms with E-state index in [0.29, 0.717) is 6.54 Å². The molecular weight excluding hydrogens is 230 g/mol. The third-order valence-electron chi connectivity index (χ3n) is 2.03. The van der Waals surface area contributed by atoms with Crippen LogP contribution in [0.2, 0.25) is 0 Å². The third kappa shape index (κ3) is 4.77. The molecule has 0 aliphatic carbocycles. The average molecular weight is 247 g/mol. The highest BCUT2D eigenvalue weighted by Crippen LogP contribution is 2.14. The molecule has 15 heavy (non-hydrogen) atoms. The van der Waals surface area contributed by atoms with E-state index in [-0.39, 0.29) is 5.75 Å². The van der Waals surface area contributed by atoms with Gasteiger partial charge in [0.15, 0.2) is 0 Å². The lowest BCUT2D eigenvalue weighted by Crippen LogP contribution is -2.25. The molecule has 0 spiro atoms. The van der Waals surface area contributed by atoms with E-state index in [0.717, 1.165) is 17.7 Å². The van der Waals surface area contributed by atoms with E-state index in [4.69, 9.17) is 0 Å². The maximum atomic E-state index is 11.5. The Morgan fingerprint density at radius 1 is 1.40 bits per heavy atom. The summed E-state index contributed by atoms with van der Waals surface area (Å²) in [6.07, 6.45) is 1.62. The van der Waals surface area contributed by atoms with Gasteiger partial charge in [-0.3, -0.25) is 0 Å². The lowest BCUT2D eigenvalue weighted by Gasteiger charge is -2.03. The molecule has 1 heterocycles. The number of unbranched alkanes of at least 4 members (excludes halogenated alkanes) is 1. The van der Waals surface area contributed by atoms with Gasteiger partial charge in [-0.25, -0.2) is 13.1 Å². The minimum atomic E-state index is -3.08. The van der Waals surface area contributed by atoms with Crippen LogP contribution in [0.3, 0.4) is 0 Å². The molecule has 0 radical (unpaired) electrons. The summed E-state index contributed by atoms with van der Waals surface area (Å²) >= 11 is 1.63. The standard InChI is InChI=1S/C10H17NO2S2/c1-3-4-7-15(12,13)11-8-10-6-5-9(2)14-10/h5-6,11H,3-4,7-8H2,1-2H3. The smallest absolute Gasteiger partial charge is 0.211 e. The molecule has 0 fully saturated rings. The Morgan fingerprint density at radius 2 is 2.13 bits per heavy atom. The molecule has 0 atom stereocenters. The van der Waals surface area contributed by atoms with E-state index in [1.807, 2.05) is 26.0 Å². The summed E-state index contributed by atoms with van der Waals surface area (Å²) in [5.74, 6) is 0.230. The van der Waals surface area contributed by atoms with Gasteiger partial charge in [-0.2, -0.15) is 0 Å². The number of sulfonamides is 1. The van der Waals surface area contributed by atoms with Crippen molar-refractivity contribution in [3.05, 3.63) is 21.9 Å². The second kappa shape index (κ2) is 5.63. The van der Waals surface area contributed by atoms with Gasteiger partial charge >= 0.3 is 0 Å². The number of thiophene rings is 1. The van der Waals surface area contributed by atoms with Gasteiger partial charge in [0, 0.05) is 16.3 Å². The van der Waals surface area contributed by atoms with Crippen LogP contribution in [-0.4, -0.2) is 14.2 Å². The van der Waals surface area contributed by atoms with Crippen LogP contribution in [0.4, 0.5) is 0 Å². The zero-order valence-corrected chi connectivity index (χ0v) is 10.7. The van der Waals surface area contributed by atoms with Gasteiger partial charge in [0.25, 0.3) is 0 Å². The predicted molar refractivity (Wildman–Crippen MR) is 64.6 cm³/mol. The molecule has 0 unspecified atom stereocenters. The first kappa shape index (κ1) is 12.7. The number of nitrogens with one attached hydrogen (secondary N) is 1. The number of hydrogen-bond donors (Lipinski definition) is 1. The first-order valence-corrected chi connectivity index (χ1v) is 7.53. The van der Waals surface area contributed by atoms with Gasteiger partial charge in [-0.1, -0.05) is 13.3 Å². The Labute approximate surface area is 95.6 Å². The van der Waals surface area contributed by atoms with E-state index < -0.39 is 10.0 Å². The van der Waals surface area contributed by atoms with Gasteiger partial charge in [0.05, 0.1) is 5.75 Å². The van der Waals surface area contributed by atoms with Crippen molar-refractivity contribution >= 4 is 21.4 Å². The summed E-state index contributed by atoms with van der Waals surface area (Å²) in [6, 6.07) is 3.96. The minimum absolute atomic E-state index is 0.230. The van der Waals surface area contributed by atoms with Crippen LogP contribution in [-0.2, 0) is 16.6 Å². The molecule has 1 aromatic rings. The highest BCUT2D eigenvalue weighted by Gasteiger charge is 2.09. The molecule has 1 N–H and O–H groups in total. The zero-order chi connectivity index (χ0) is 11.3. The zero-order valence-electron chi connectivity index (χ0n) is 9.12. The summed E-state index contributed by atoms with van der Waals surface area (Å²) < 4.78 is 25.5. The second-order valence-electron chi connectivity index (χ2n) is 3.51. The van der Waals surface area contributed by atoms with E-state index in [9.17, 15) is 8.42 Å². The van der Waals surface area contributed by atoms with Gasteiger partial charge < -0.3 is 0 Å². The lowest BCUT2D eigenvalue weighted by molar-refractivity contribution is 0.578. The molecule has 0 aliphatic heterocycles. The largest absolute Gasteiger partial charge is 0.212 e. The van der Waals surface area contributed by atoms with Gasteiger partial charge in [-0.05, 0) is 25.5 Å². The van der Waals surface area contributed by atoms with Crippen LogP contribution >= 0.6 is 11.3 Å². The Hall–Kier alpha value is -0.390. The topological polar surface area (TPSA) is 46.2 Å². The van der Waals surface area contributed by atoms with Gasteiger partial charge in [0.2, 0.25) is 10.0 Å². The van der Waals surface area contributed by atoms with Crippen molar-refractivity contribution in [1.82, 2.24) is 4.72 Å². The lowest BCUT2D eigenvalue weighted by atomic mass is 10.4. The van der Waals surface area contributed by atoms with E-state index in [1.165, 1.54) is 4.88 Å². The third-order valence-corrected chi connectivity index (χ3v) is 4.44. The second-order valence-corrected chi connectivity index (χ2v) is 6.80. The fourth-order valence-electron chi connectivity index (χ4n) is 1.17. The van der Waals surface area contributed by atoms with Crippen molar-refractivity contribution in [2.45, 2.75) is 33.2 Å². The van der Waals surface area contributed by atoms with Crippen molar-refractivity contribution in [1.29, 1.82) is 0 Å². The Bertz CT molecular complexity index is 395. The monoisotopic (exact) mass is 247 g/mol. The van der Waals surface area contributed by atoms with Crippen LogP contribution in [0.5, 0.6) is 0 Å². The summed E-state index contributed by atoms with van der Waals surface area (Å²) in [6.45, 7) is 4.42. The highest BCUT2D eigenvalue weighted by atomic mass is 32.2. The number of aryl methyl sites for hydroxylation is 1. The summed E-state index contributed by atoms with van der Waals surface area (Å²) in [4.78, 5) is 2.27. The molecule has 0 saturated carbocycles. The minimum Gasteiger partial charge on any atom is -0.212 e. The quantitative estimate of drug-likeness (QED) is 0.838. The molecule has 5 heteroatoms. The van der Waals surface area contributed by atoms with Crippen LogP contribution in [0.1, 0.15) is 29.5 Å². The number of rotatable bonds is 6. The summed E-state index contributed by atoms with van der Waals surface area (Å²) in [5, 5.41) is 0. The van der Waals surface area contributed by atoms with E-state index in [2.05, 4.69) is 4.72 Å². The van der Waals surface area contributed by atoms with Crippen molar-refractivity contribution in [3.8, 4) is 0 Å². The van der Waals surface area contributed by atoms with Gasteiger partial charge in [-0.15, -0.1) is 11.3 Å². The Kier molecular flexibility index (Phi) is 4.76. The highest BCUT2D eigenvalue weighted by molar-refractivity contribution is 7.89. The normalized spacial score (nSPS) is 11.9. The molecule has 0 saturated heterocycles. The first-order chi connectivity index (χ1) is 7.03. The van der Waals surface area contributed by atoms with Crippen LogP contribution in [0.15, 0.2) is 12.1 Å². The summed E-state index contributed by atoms with van der Waals surface area (Å²) in [5.41, 5.74) is 0. The fourth-order valence-corrected chi connectivity index (χ4v) is 3.28. The molecule has 0 amide bonds. The van der Waals surface area contributed by atoms with Gasteiger partial charge in [0.1, 0.15) is 0 Å². The molecule has 0 aliphatic rings. The van der Waals surface area contributed by atoms with E-state index in [1.54, 1.807) is 11.3 Å². The SMILES string of the molecule is CCCCS(=O)(=O)NCc1ccc(C)s1. The predicted octanol–water partition coefficient (Wildman–Crippen LogP) is 2.28. The molecule has 86 valence electrons. The van der Waals surface area contributed by atoms with Crippen molar-refractivity contribution in [2.24, 2.45) is 0 Å². The Morgan fingerprint density at radius 3 is 2.67 bits per heavy atom. The van der Waals surface area contributed by atoms with Crippen LogP contribution < -0.4 is 4.72 Å². The van der Waals surface area contributed by atoms with Crippen LogP contribution in [0, 0.1) is 6.92 Å². The molecule has 0 bridgehead atoms. The maximum absolute atomic E-state index is 11.5. The van der Waals surface area contributed by atoms with Crippen molar-refractivity contribution in [3.63, 3.8) is 0 Å². The fraction of sp³-hybridized carbons (Fsp3) is 0.600. The summed E-state index contributed by atoms with van der Waals surface area (Å²) in [7, 11) is -3.08. The molecule has 1 aromatic heterocycles. The Balaban J connectivity index is 2.42. The van der Waals surface area contributed by atoms with E-state index >= 15 is 0 Å². The van der Waals surface area contributed by atoms with Crippen LogP contribution in [0.25, 0.3) is 0 Å². The maximum Gasteiger partial charge on any atom is 0.211 e. The average Bonchev–Trinajstić information content (AvgIpc) is 2.59. The van der Waals surface area contributed by atoms with Crippen molar-refractivity contribution < 1.29 is 8.42 Å². The molecule has 1 rings (SSSR count). The number of hydrogen-bond acceptors (Lipinski definition) is 3. The molecule has 0 aromatic carbocycles. The molecular formula is C10H17NO2S2. The van der Waals surface area contributed by atoms with Crippen molar-refractivity contribution in [2.75, 3.05) is 5.75 Å².